The van der Waals surface area contributed by atoms with E-state index in [9.17, 15) is 24.3 Å². The number of fused-ring (bicyclic) bond motifs is 1. The van der Waals surface area contributed by atoms with Gasteiger partial charge in [-0.15, -0.1) is 13.2 Å². The number of amides is 3. The molecule has 50 heavy (non-hydrogen) atoms. The van der Waals surface area contributed by atoms with Gasteiger partial charge in [-0.1, -0.05) is 58.4 Å². The van der Waals surface area contributed by atoms with Gasteiger partial charge in [0.2, 0.25) is 11.8 Å². The largest absolute Gasteiger partial charge is 0.455 e. The Hall–Kier alpha value is -4.00. The molecule has 3 heterocycles. The fraction of sp³-hybridized carbons (Fsp3) is 0.474. The predicted octanol–water partition coefficient (Wildman–Crippen LogP) is 4.16. The van der Waals surface area contributed by atoms with Gasteiger partial charge in [-0.3, -0.25) is 19.2 Å². The van der Waals surface area contributed by atoms with Crippen LogP contribution in [0, 0.1) is 11.8 Å². The summed E-state index contributed by atoms with van der Waals surface area (Å²) in [6, 6.07) is 15.6. The maximum atomic E-state index is 14.7. The van der Waals surface area contributed by atoms with Gasteiger partial charge < -0.3 is 34.6 Å². The van der Waals surface area contributed by atoms with Crippen molar-refractivity contribution in [3.63, 3.8) is 0 Å². The third-order valence-corrected chi connectivity index (χ3v) is 10.8. The van der Waals surface area contributed by atoms with Crippen LogP contribution in [0.2, 0.25) is 0 Å². The molecule has 7 atom stereocenters. The van der Waals surface area contributed by atoms with E-state index in [4.69, 9.17) is 9.47 Å². The maximum absolute atomic E-state index is 14.7. The van der Waals surface area contributed by atoms with Gasteiger partial charge in [0.25, 0.3) is 5.91 Å². The number of benzene rings is 2. The topological polar surface area (TPSA) is 129 Å². The average Bonchev–Trinajstić information content (AvgIpc) is 3.72. The number of ether oxygens (including phenoxy) is 2. The Morgan fingerprint density at radius 3 is 2.40 bits per heavy atom. The number of rotatable bonds is 17. The monoisotopic (exact) mass is 750 g/mol. The van der Waals surface area contributed by atoms with Crippen LogP contribution in [0.3, 0.4) is 0 Å². The normalized spacial score (nSPS) is 25.5. The third-order valence-electron chi connectivity index (χ3n) is 9.99. The lowest BCUT2D eigenvalue weighted by Gasteiger charge is -2.37. The van der Waals surface area contributed by atoms with Gasteiger partial charge in [0.05, 0.1) is 31.1 Å². The van der Waals surface area contributed by atoms with Crippen molar-refractivity contribution in [3.05, 3.63) is 85.5 Å². The van der Waals surface area contributed by atoms with Gasteiger partial charge in [-0.2, -0.15) is 0 Å². The molecule has 3 saturated heterocycles. The Labute approximate surface area is 302 Å². The van der Waals surface area contributed by atoms with E-state index in [0.717, 1.165) is 18.8 Å². The molecule has 2 aromatic carbocycles. The predicted molar refractivity (Wildman–Crippen MR) is 195 cm³/mol. The van der Waals surface area contributed by atoms with E-state index in [2.05, 4.69) is 53.2 Å². The molecule has 2 aromatic rings. The molecule has 2 bridgehead atoms. The molecule has 2 N–H and O–H groups in total. The molecule has 0 saturated carbocycles. The van der Waals surface area contributed by atoms with Crippen molar-refractivity contribution in [1.29, 1.82) is 0 Å². The molecule has 0 aliphatic carbocycles. The molecule has 3 fully saturated rings. The summed E-state index contributed by atoms with van der Waals surface area (Å²) in [6.45, 7) is 13.1. The number of β-amino-alcohol motifs (C(OH)–C–C–N with tert-alkyl or cyclic N) is 1. The summed E-state index contributed by atoms with van der Waals surface area (Å²) in [7, 11) is 0. The van der Waals surface area contributed by atoms with Crippen LogP contribution in [0.15, 0.2) is 79.9 Å². The summed E-state index contributed by atoms with van der Waals surface area (Å²) >= 11 is 3.70. The van der Waals surface area contributed by atoms with Crippen LogP contribution in [0.5, 0.6) is 0 Å². The van der Waals surface area contributed by atoms with Crippen molar-refractivity contribution >= 4 is 51.0 Å². The number of nitrogens with one attached hydrogen (secondary N) is 1. The Bertz CT molecular complexity index is 1550. The summed E-state index contributed by atoms with van der Waals surface area (Å²) < 4.78 is 12.8. The molecule has 0 aromatic heterocycles. The number of nitrogens with zero attached hydrogens (tertiary/aromatic N) is 3. The molecule has 1 spiro atoms. The molecule has 12 heteroatoms. The second-order valence-corrected chi connectivity index (χ2v) is 14.0. The summed E-state index contributed by atoms with van der Waals surface area (Å²) in [6.07, 6.45) is 2.79. The number of likely N-dealkylation sites (tertiary alicyclic amines) is 1. The molecule has 3 aliphatic heterocycles. The fourth-order valence-electron chi connectivity index (χ4n) is 7.70. The van der Waals surface area contributed by atoms with Gasteiger partial charge in [0.1, 0.15) is 17.7 Å². The SMILES string of the molecule is C=CCCC(=O)NC[C@H](OC(=O)[C@@H]1[C@H]2O[C@@]3(CC2Br)[C@H](C(=O)N(CC=C)c2ccc(N(CC)CC)cc2)N(CCO)C(=O)[C@@H]13)c1ccccc1. The minimum atomic E-state index is -1.34. The van der Waals surface area contributed by atoms with E-state index < -0.39 is 47.6 Å². The second-order valence-electron chi connectivity index (χ2n) is 12.8. The van der Waals surface area contributed by atoms with Crippen LogP contribution in [-0.2, 0) is 28.7 Å². The van der Waals surface area contributed by atoms with Crippen molar-refractivity contribution in [2.45, 2.75) is 61.8 Å². The van der Waals surface area contributed by atoms with E-state index >= 15 is 0 Å². The minimum Gasteiger partial charge on any atom is -0.455 e. The molecular weight excluding hydrogens is 704 g/mol. The number of esters is 1. The first-order valence-electron chi connectivity index (χ1n) is 17.3. The fourth-order valence-corrected chi connectivity index (χ4v) is 8.64. The van der Waals surface area contributed by atoms with Gasteiger partial charge in [0.15, 0.2) is 0 Å². The van der Waals surface area contributed by atoms with Crippen LogP contribution in [0.25, 0.3) is 0 Å². The second kappa shape index (κ2) is 16.3. The van der Waals surface area contributed by atoms with Crippen molar-refractivity contribution in [2.24, 2.45) is 11.8 Å². The number of hydrogen-bond acceptors (Lipinski definition) is 8. The van der Waals surface area contributed by atoms with Gasteiger partial charge >= 0.3 is 5.97 Å². The van der Waals surface area contributed by atoms with E-state index in [1.165, 1.54) is 4.90 Å². The van der Waals surface area contributed by atoms with Crippen LogP contribution >= 0.6 is 15.9 Å². The quantitative estimate of drug-likeness (QED) is 0.140. The van der Waals surface area contributed by atoms with Gasteiger partial charge in [-0.05, 0) is 56.5 Å². The average molecular weight is 752 g/mol. The minimum absolute atomic E-state index is 0.0345. The molecule has 268 valence electrons. The zero-order chi connectivity index (χ0) is 36.0. The van der Waals surface area contributed by atoms with E-state index in [1.807, 2.05) is 42.5 Å². The highest BCUT2D eigenvalue weighted by Gasteiger charge is 2.77. The van der Waals surface area contributed by atoms with Crippen molar-refractivity contribution in [1.82, 2.24) is 10.2 Å². The Kier molecular flexibility index (Phi) is 12.2. The highest BCUT2D eigenvalue weighted by Crippen LogP contribution is 2.60. The summed E-state index contributed by atoms with van der Waals surface area (Å²) in [4.78, 5) is 60.5. The molecule has 3 aliphatic rings. The molecule has 3 amide bonds. The summed E-state index contributed by atoms with van der Waals surface area (Å²) in [5, 5.41) is 12.9. The van der Waals surface area contributed by atoms with Crippen LogP contribution in [-0.4, -0.2) is 95.6 Å². The maximum Gasteiger partial charge on any atom is 0.313 e. The summed E-state index contributed by atoms with van der Waals surface area (Å²) in [5.41, 5.74) is 0.988. The van der Waals surface area contributed by atoms with Crippen molar-refractivity contribution in [3.8, 4) is 0 Å². The molecule has 5 rings (SSSR count). The number of anilines is 2. The number of allylic oxidation sites excluding steroid dienone is 1. The molecule has 0 radical (unpaired) electrons. The number of carbonyl (C=O) groups is 4. The number of aliphatic hydroxyl groups excluding tert-OH is 1. The van der Waals surface area contributed by atoms with E-state index in [0.29, 0.717) is 24.1 Å². The van der Waals surface area contributed by atoms with Gasteiger partial charge in [-0.25, -0.2) is 0 Å². The van der Waals surface area contributed by atoms with Gasteiger partial charge in [0, 0.05) is 48.8 Å². The highest BCUT2D eigenvalue weighted by molar-refractivity contribution is 9.09. The first-order valence-corrected chi connectivity index (χ1v) is 18.2. The van der Waals surface area contributed by atoms with E-state index in [-0.39, 0.29) is 49.3 Å². The number of aliphatic hydroxyl groups is 1. The molecule has 11 nitrogen and oxygen atoms in total. The lowest BCUT2D eigenvalue weighted by molar-refractivity contribution is -0.160. The Morgan fingerprint density at radius 1 is 1.10 bits per heavy atom. The number of halogens is 1. The third kappa shape index (κ3) is 7.11. The Balaban J connectivity index is 1.45. The smallest absolute Gasteiger partial charge is 0.313 e. The van der Waals surface area contributed by atoms with Crippen LogP contribution < -0.4 is 15.1 Å². The lowest BCUT2D eigenvalue weighted by atomic mass is 9.70. The van der Waals surface area contributed by atoms with Crippen molar-refractivity contribution < 1.29 is 33.8 Å². The van der Waals surface area contributed by atoms with E-state index in [1.54, 1.807) is 29.2 Å². The first kappa shape index (κ1) is 37.3. The Morgan fingerprint density at radius 2 is 1.78 bits per heavy atom. The number of hydrogen-bond donors (Lipinski definition) is 2. The first-order chi connectivity index (χ1) is 24.1. The highest BCUT2D eigenvalue weighted by atomic mass is 79.9. The van der Waals surface area contributed by atoms with Crippen LogP contribution in [0.4, 0.5) is 11.4 Å². The number of alkyl halides is 1. The zero-order valence-corrected chi connectivity index (χ0v) is 30.3. The standard InChI is InChI=1S/C38H47BrN4O7/c1-5-9-15-30(45)40-24-29(25-13-11-10-12-14-25)49-37(48)31-32-35(46)43(21-22-44)34(38(32)23-28(39)33(31)50-38)36(47)42(20-6-2)27-18-16-26(17-19-27)41(7-3)8-4/h5-6,10-14,16-19,28-29,31-34,44H,1-2,7-9,15,20-24H2,3-4H3,(H,40,45)/t28?,29-,31-,32+,33-,34-,38+/m0/s1. The molecule has 1 unspecified atom stereocenters. The summed E-state index contributed by atoms with van der Waals surface area (Å²) in [5.74, 6) is -3.72. The molecular formula is C38H47BrN4O7. The zero-order valence-electron chi connectivity index (χ0n) is 28.7. The lowest BCUT2D eigenvalue weighted by Crippen LogP contribution is -2.57. The number of carbonyl (C=O) groups excluding carboxylic acids is 4. The van der Waals surface area contributed by atoms with Crippen LogP contribution in [0.1, 0.15) is 44.8 Å². The van der Waals surface area contributed by atoms with Crippen molar-refractivity contribution in [2.75, 3.05) is 49.1 Å².